The second kappa shape index (κ2) is 9.34. The Hall–Kier alpha value is -2.40. The quantitative estimate of drug-likeness (QED) is 0.688. The molecule has 0 fully saturated rings. The number of rotatable bonds is 7. The van der Waals surface area contributed by atoms with Crippen molar-refractivity contribution in [2.75, 3.05) is 13.7 Å². The fourth-order valence-corrected chi connectivity index (χ4v) is 2.69. The van der Waals surface area contributed by atoms with E-state index >= 15 is 0 Å². The van der Waals surface area contributed by atoms with Crippen molar-refractivity contribution in [1.29, 1.82) is 0 Å². The molecule has 4 nitrogen and oxygen atoms in total. The molecule has 26 heavy (non-hydrogen) atoms. The second-order valence-corrected chi connectivity index (χ2v) is 6.56. The molecule has 0 N–H and O–H groups in total. The molecule has 0 aliphatic rings. The first-order chi connectivity index (χ1) is 12.4. The lowest BCUT2D eigenvalue weighted by atomic mass is 10.1. The van der Waals surface area contributed by atoms with Crippen LogP contribution in [0.2, 0.25) is 5.02 Å². The molecule has 0 saturated heterocycles. The summed E-state index contributed by atoms with van der Waals surface area (Å²) in [5, 5.41) is 0.601. The van der Waals surface area contributed by atoms with Gasteiger partial charge in [-0.1, -0.05) is 42.8 Å². The number of amides is 1. The highest BCUT2D eigenvalue weighted by Crippen LogP contribution is 2.14. The number of methoxy groups -OCH3 is 1. The number of carbonyl (C=O) groups excluding carboxylic acids is 2. The van der Waals surface area contributed by atoms with Crippen molar-refractivity contribution >= 4 is 23.5 Å². The Kier molecular flexibility index (Phi) is 7.16. The van der Waals surface area contributed by atoms with E-state index in [1.54, 1.807) is 48.2 Å². The number of carbonyl (C=O) groups is 2. The van der Waals surface area contributed by atoms with E-state index in [9.17, 15) is 14.0 Å². The minimum atomic E-state index is -0.463. The number of nitrogens with zero attached hydrogens (tertiary/aromatic N) is 1. The highest BCUT2D eigenvalue weighted by molar-refractivity contribution is 6.30. The fourth-order valence-electron chi connectivity index (χ4n) is 2.56. The van der Waals surface area contributed by atoms with Crippen molar-refractivity contribution in [3.8, 4) is 0 Å². The van der Waals surface area contributed by atoms with E-state index in [-0.39, 0.29) is 37.2 Å². The van der Waals surface area contributed by atoms with Crippen LogP contribution in [0.1, 0.15) is 18.1 Å². The smallest absolute Gasteiger partial charge is 0.310 e. The van der Waals surface area contributed by atoms with E-state index in [4.69, 9.17) is 16.3 Å². The Bertz CT molecular complexity index is 747. The topological polar surface area (TPSA) is 46.6 Å². The third-order valence-electron chi connectivity index (χ3n) is 4.01. The van der Waals surface area contributed by atoms with Crippen LogP contribution in [-0.4, -0.2) is 30.4 Å². The predicted octanol–water partition coefficient (Wildman–Crippen LogP) is 3.86. The summed E-state index contributed by atoms with van der Waals surface area (Å²) in [4.78, 5) is 26.1. The van der Waals surface area contributed by atoms with Gasteiger partial charge in [-0.05, 0) is 35.4 Å². The van der Waals surface area contributed by atoms with Gasteiger partial charge in [-0.3, -0.25) is 9.59 Å². The molecule has 2 aromatic carbocycles. The van der Waals surface area contributed by atoms with Crippen molar-refractivity contribution in [1.82, 2.24) is 4.90 Å². The van der Waals surface area contributed by atoms with Crippen LogP contribution in [0, 0.1) is 11.7 Å². The molecule has 0 aliphatic carbocycles. The molecule has 2 rings (SSSR count). The van der Waals surface area contributed by atoms with Gasteiger partial charge >= 0.3 is 5.97 Å². The van der Waals surface area contributed by atoms with Crippen LogP contribution in [0.15, 0.2) is 48.5 Å². The third-order valence-corrected chi connectivity index (χ3v) is 4.26. The first kappa shape index (κ1) is 19.9. The van der Waals surface area contributed by atoms with Crippen molar-refractivity contribution in [2.45, 2.75) is 19.9 Å². The Morgan fingerprint density at radius 1 is 1.08 bits per heavy atom. The Morgan fingerprint density at radius 3 is 2.23 bits per heavy atom. The van der Waals surface area contributed by atoms with E-state index in [1.807, 2.05) is 0 Å². The van der Waals surface area contributed by atoms with Gasteiger partial charge in [0.2, 0.25) is 5.91 Å². The average Bonchev–Trinajstić information content (AvgIpc) is 2.64. The molecule has 0 saturated carbocycles. The molecule has 0 aromatic heterocycles. The maximum absolute atomic E-state index is 13.1. The van der Waals surface area contributed by atoms with Gasteiger partial charge < -0.3 is 9.64 Å². The first-order valence-corrected chi connectivity index (χ1v) is 8.61. The minimum absolute atomic E-state index is 0.132. The molecule has 0 bridgehead atoms. The van der Waals surface area contributed by atoms with Crippen LogP contribution in [0.5, 0.6) is 0 Å². The monoisotopic (exact) mass is 377 g/mol. The molecule has 6 heteroatoms. The second-order valence-electron chi connectivity index (χ2n) is 6.13. The molecule has 2 aromatic rings. The zero-order valence-corrected chi connectivity index (χ0v) is 15.5. The normalized spacial score (nSPS) is 11.7. The molecule has 0 spiro atoms. The van der Waals surface area contributed by atoms with Gasteiger partial charge in [0.15, 0.2) is 0 Å². The lowest BCUT2D eigenvalue weighted by molar-refractivity contribution is -0.146. The summed E-state index contributed by atoms with van der Waals surface area (Å²) in [5.41, 5.74) is 1.61. The van der Waals surface area contributed by atoms with E-state index in [1.165, 1.54) is 19.2 Å². The van der Waals surface area contributed by atoms with Crippen molar-refractivity contribution in [3.63, 3.8) is 0 Å². The SMILES string of the molecule is COC(=O)C(C)CN(Cc1ccc(F)cc1)C(=O)Cc1ccc(Cl)cc1. The summed E-state index contributed by atoms with van der Waals surface area (Å²) >= 11 is 5.87. The maximum Gasteiger partial charge on any atom is 0.310 e. The first-order valence-electron chi connectivity index (χ1n) is 8.23. The van der Waals surface area contributed by atoms with Crippen LogP contribution >= 0.6 is 11.6 Å². The molecule has 0 aliphatic heterocycles. The van der Waals surface area contributed by atoms with E-state index in [2.05, 4.69) is 0 Å². The lowest BCUT2D eigenvalue weighted by Crippen LogP contribution is -2.37. The summed E-state index contributed by atoms with van der Waals surface area (Å²) in [5.74, 6) is -1.31. The van der Waals surface area contributed by atoms with Crippen LogP contribution in [0.25, 0.3) is 0 Å². The van der Waals surface area contributed by atoms with Crippen LogP contribution in [0.4, 0.5) is 4.39 Å². The maximum atomic E-state index is 13.1. The molecule has 0 heterocycles. The van der Waals surface area contributed by atoms with Crippen molar-refractivity contribution in [3.05, 3.63) is 70.5 Å². The molecule has 138 valence electrons. The fraction of sp³-hybridized carbons (Fsp3) is 0.300. The van der Waals surface area contributed by atoms with Crippen molar-refractivity contribution in [2.24, 2.45) is 5.92 Å². The zero-order chi connectivity index (χ0) is 19.1. The van der Waals surface area contributed by atoms with Gasteiger partial charge in [0.1, 0.15) is 5.82 Å². The van der Waals surface area contributed by atoms with Crippen molar-refractivity contribution < 1.29 is 18.7 Å². The number of hydrogen-bond donors (Lipinski definition) is 0. The largest absolute Gasteiger partial charge is 0.469 e. The van der Waals surface area contributed by atoms with Gasteiger partial charge in [-0.15, -0.1) is 0 Å². The van der Waals surface area contributed by atoms with E-state index in [0.717, 1.165) is 11.1 Å². The van der Waals surface area contributed by atoms with E-state index in [0.29, 0.717) is 5.02 Å². The molecule has 1 unspecified atom stereocenters. The number of ether oxygens (including phenoxy) is 1. The highest BCUT2D eigenvalue weighted by Gasteiger charge is 2.22. The summed E-state index contributed by atoms with van der Waals surface area (Å²) < 4.78 is 17.9. The molecule has 1 amide bonds. The predicted molar refractivity (Wildman–Crippen MR) is 98.2 cm³/mol. The summed E-state index contributed by atoms with van der Waals surface area (Å²) in [6.07, 6.45) is 0.187. The van der Waals surface area contributed by atoms with Gasteiger partial charge in [-0.25, -0.2) is 4.39 Å². The Balaban J connectivity index is 2.14. The highest BCUT2D eigenvalue weighted by atomic mass is 35.5. The van der Waals surface area contributed by atoms with E-state index < -0.39 is 5.92 Å². The lowest BCUT2D eigenvalue weighted by Gasteiger charge is -2.25. The molecule has 1 atom stereocenters. The molecule has 0 radical (unpaired) electrons. The number of hydrogen-bond acceptors (Lipinski definition) is 3. The molecular formula is C20H21ClFNO3. The average molecular weight is 378 g/mol. The van der Waals surface area contributed by atoms with Crippen LogP contribution in [-0.2, 0) is 27.3 Å². The molecular weight excluding hydrogens is 357 g/mol. The van der Waals surface area contributed by atoms with Crippen LogP contribution < -0.4 is 0 Å². The summed E-state index contributed by atoms with van der Waals surface area (Å²) in [6.45, 7) is 2.21. The number of benzene rings is 2. The number of halogens is 2. The number of esters is 1. The summed E-state index contributed by atoms with van der Waals surface area (Å²) in [7, 11) is 1.32. The van der Waals surface area contributed by atoms with Crippen LogP contribution in [0.3, 0.4) is 0 Å². The van der Waals surface area contributed by atoms with Gasteiger partial charge in [0, 0.05) is 18.1 Å². The summed E-state index contributed by atoms with van der Waals surface area (Å²) in [6, 6.07) is 13.0. The third kappa shape index (κ3) is 5.85. The Labute approximate surface area is 157 Å². The van der Waals surface area contributed by atoms with Gasteiger partial charge in [-0.2, -0.15) is 0 Å². The minimum Gasteiger partial charge on any atom is -0.469 e. The van der Waals surface area contributed by atoms with Gasteiger partial charge in [0.05, 0.1) is 19.4 Å². The standard InChI is InChI=1S/C20H21ClFNO3/c1-14(20(25)26-2)12-23(13-16-5-9-18(22)10-6-16)19(24)11-15-3-7-17(21)8-4-15/h3-10,14H,11-13H2,1-2H3. The zero-order valence-electron chi connectivity index (χ0n) is 14.7. The van der Waals surface area contributed by atoms with Gasteiger partial charge in [0.25, 0.3) is 0 Å². The Morgan fingerprint density at radius 2 is 1.65 bits per heavy atom.